The van der Waals surface area contributed by atoms with Gasteiger partial charge in [0.2, 0.25) is 0 Å². The van der Waals surface area contributed by atoms with Crippen LogP contribution >= 0.6 is 0 Å². The van der Waals surface area contributed by atoms with Gasteiger partial charge in [0.25, 0.3) is 0 Å². The second-order valence-corrected chi connectivity index (χ2v) is 13.3. The van der Waals surface area contributed by atoms with E-state index in [2.05, 4.69) is 10.0 Å². The Morgan fingerprint density at radius 1 is 0.667 bits per heavy atom. The zero-order valence-electron chi connectivity index (χ0n) is 29.9. The molecule has 1 N–H and O–H groups in total. The maximum Gasteiger partial charge on any atom is 0.186 e. The molecule has 13 heteroatoms. The van der Waals surface area contributed by atoms with Crippen LogP contribution in [-0.4, -0.2) is 86.8 Å². The van der Waals surface area contributed by atoms with Crippen molar-refractivity contribution in [2.24, 2.45) is 5.11 Å². The molecule has 0 saturated carbocycles. The lowest BCUT2D eigenvalue weighted by Gasteiger charge is -2.48. The van der Waals surface area contributed by atoms with Gasteiger partial charge in [-0.2, -0.15) is 0 Å². The summed E-state index contributed by atoms with van der Waals surface area (Å²) in [6.45, 7) is 0.827. The SMILES string of the molecule is CO[C@H]1O[C@H](CO[C@@H]2O[C@@H]3CO[C@H](c4ccccc4)O[C@@H]3[C@H](O)[C@H]2N=[N+]=[N-])[C@@H](OCc2ccccc2)[C@H](OCc2ccccc2)[C@H]1OCc1ccccc1. The number of ether oxygens (including phenoxy) is 9. The molecule has 3 aliphatic heterocycles. The smallest absolute Gasteiger partial charge is 0.186 e. The largest absolute Gasteiger partial charge is 0.390 e. The van der Waals surface area contributed by atoms with Crippen molar-refractivity contribution in [3.05, 3.63) is 154 Å². The second-order valence-electron chi connectivity index (χ2n) is 13.3. The fraction of sp³-hybridized carbons (Fsp3) is 0.415. The number of aliphatic hydroxyl groups is 1. The first-order valence-electron chi connectivity index (χ1n) is 18.1. The highest BCUT2D eigenvalue weighted by molar-refractivity contribution is 5.18. The van der Waals surface area contributed by atoms with Crippen molar-refractivity contribution < 1.29 is 47.7 Å². The molecule has 0 aromatic heterocycles. The Bertz CT molecular complexity index is 1750. The van der Waals surface area contributed by atoms with Crippen molar-refractivity contribution in [2.75, 3.05) is 20.3 Å². The molecule has 11 atom stereocenters. The molecule has 4 aromatic carbocycles. The summed E-state index contributed by atoms with van der Waals surface area (Å²) in [4.78, 5) is 3.00. The summed E-state index contributed by atoms with van der Waals surface area (Å²) >= 11 is 0. The van der Waals surface area contributed by atoms with E-state index in [0.29, 0.717) is 0 Å². The van der Waals surface area contributed by atoms with E-state index in [1.54, 1.807) is 7.11 Å². The molecular weight excluding hydrogens is 694 g/mol. The van der Waals surface area contributed by atoms with Crippen molar-refractivity contribution in [3.8, 4) is 0 Å². The van der Waals surface area contributed by atoms with Crippen molar-refractivity contribution in [1.29, 1.82) is 0 Å². The molecular formula is C41H45N3O10. The van der Waals surface area contributed by atoms with E-state index in [0.717, 1.165) is 22.3 Å². The van der Waals surface area contributed by atoms with Gasteiger partial charge in [0, 0.05) is 17.6 Å². The fourth-order valence-corrected chi connectivity index (χ4v) is 6.94. The summed E-state index contributed by atoms with van der Waals surface area (Å²) in [5.74, 6) is 0. The van der Waals surface area contributed by atoms with Crippen LogP contribution in [0, 0.1) is 0 Å². The average molecular weight is 740 g/mol. The minimum atomic E-state index is -1.25. The van der Waals surface area contributed by atoms with Gasteiger partial charge in [-0.15, -0.1) is 0 Å². The molecule has 3 aliphatic rings. The highest BCUT2D eigenvalue weighted by Gasteiger charge is 2.52. The minimum Gasteiger partial charge on any atom is -0.390 e. The number of fused-ring (bicyclic) bond motifs is 1. The molecule has 3 heterocycles. The van der Waals surface area contributed by atoms with Crippen LogP contribution in [0.1, 0.15) is 28.5 Å². The summed E-state index contributed by atoms with van der Waals surface area (Å²) < 4.78 is 57.1. The molecule has 0 amide bonds. The van der Waals surface area contributed by atoms with Crippen LogP contribution in [-0.2, 0) is 62.5 Å². The van der Waals surface area contributed by atoms with Crippen LogP contribution in [0.15, 0.2) is 126 Å². The van der Waals surface area contributed by atoms with E-state index in [4.69, 9.17) is 42.6 Å². The van der Waals surface area contributed by atoms with E-state index >= 15 is 0 Å². The van der Waals surface area contributed by atoms with Crippen molar-refractivity contribution in [2.45, 2.75) is 87.5 Å². The summed E-state index contributed by atoms with van der Waals surface area (Å²) in [7, 11) is 1.55. The quantitative estimate of drug-likeness (QED) is 0.0872. The molecule has 3 saturated heterocycles. The van der Waals surface area contributed by atoms with Crippen LogP contribution in [0.5, 0.6) is 0 Å². The van der Waals surface area contributed by atoms with Gasteiger partial charge in [0.1, 0.15) is 42.7 Å². The lowest BCUT2D eigenvalue weighted by atomic mass is 9.96. The number of hydrogen-bond donors (Lipinski definition) is 1. The van der Waals surface area contributed by atoms with Gasteiger partial charge in [-0.05, 0) is 22.2 Å². The fourth-order valence-electron chi connectivity index (χ4n) is 6.94. The number of aliphatic hydroxyl groups excluding tert-OH is 1. The molecule has 7 rings (SSSR count). The molecule has 0 aliphatic carbocycles. The van der Waals surface area contributed by atoms with Gasteiger partial charge in [-0.25, -0.2) is 0 Å². The van der Waals surface area contributed by atoms with E-state index in [9.17, 15) is 10.6 Å². The molecule has 0 spiro atoms. The molecule has 54 heavy (non-hydrogen) atoms. The Morgan fingerprint density at radius 2 is 1.20 bits per heavy atom. The summed E-state index contributed by atoms with van der Waals surface area (Å²) in [6.07, 6.45) is -8.41. The number of hydrogen-bond acceptors (Lipinski definition) is 11. The van der Waals surface area contributed by atoms with Gasteiger partial charge < -0.3 is 47.7 Å². The highest BCUT2D eigenvalue weighted by Crippen LogP contribution is 2.37. The van der Waals surface area contributed by atoms with Crippen molar-refractivity contribution in [3.63, 3.8) is 0 Å². The highest BCUT2D eigenvalue weighted by atomic mass is 16.8. The monoisotopic (exact) mass is 739 g/mol. The van der Waals surface area contributed by atoms with Crippen LogP contribution in [0.3, 0.4) is 0 Å². The predicted octanol–water partition coefficient (Wildman–Crippen LogP) is 6.01. The maximum atomic E-state index is 11.5. The van der Waals surface area contributed by atoms with Crippen LogP contribution in [0.4, 0.5) is 0 Å². The summed E-state index contributed by atoms with van der Waals surface area (Å²) in [5.41, 5.74) is 13.2. The first kappa shape index (κ1) is 38.1. The van der Waals surface area contributed by atoms with Crippen LogP contribution in [0.25, 0.3) is 10.4 Å². The third kappa shape index (κ3) is 9.35. The van der Waals surface area contributed by atoms with Gasteiger partial charge in [-0.1, -0.05) is 126 Å². The normalized spacial score (nSPS) is 30.9. The van der Waals surface area contributed by atoms with Crippen LogP contribution < -0.4 is 0 Å². The molecule has 3 fully saturated rings. The van der Waals surface area contributed by atoms with Gasteiger partial charge in [0.05, 0.1) is 39.1 Å². The summed E-state index contributed by atoms with van der Waals surface area (Å²) in [6, 6.07) is 37.7. The van der Waals surface area contributed by atoms with Gasteiger partial charge in [-0.3, -0.25) is 0 Å². The zero-order chi connectivity index (χ0) is 37.1. The van der Waals surface area contributed by atoms with Crippen molar-refractivity contribution >= 4 is 0 Å². The predicted molar refractivity (Wildman–Crippen MR) is 194 cm³/mol. The maximum absolute atomic E-state index is 11.5. The van der Waals surface area contributed by atoms with E-state index in [1.807, 2.05) is 121 Å². The standard InChI is InChI=1S/C41H45N3O10/c1-46-41-38(49-24-29-18-10-4-11-19-29)37(48-23-28-16-8-3-9-17-28)36(47-22-27-14-6-2-7-15-27)32(53-41)26-51-40-33(43-44-42)34(45)35-31(52-40)25-50-39(54-35)30-20-12-5-13-21-30/h2-21,31-41,45H,22-26H2,1H3/t31-,32-,33-,34-,35+,36-,37+,38-,39+,40-,41+/m1/s1. The molecule has 284 valence electrons. The topological polar surface area (TPSA) is 152 Å². The Hall–Kier alpha value is -4.21. The average Bonchev–Trinajstić information content (AvgIpc) is 3.23. The van der Waals surface area contributed by atoms with E-state index < -0.39 is 67.6 Å². The zero-order valence-corrected chi connectivity index (χ0v) is 29.9. The number of nitrogens with zero attached hydrogens (tertiary/aromatic N) is 3. The van der Waals surface area contributed by atoms with Gasteiger partial charge >= 0.3 is 0 Å². The van der Waals surface area contributed by atoms with Crippen molar-refractivity contribution in [1.82, 2.24) is 0 Å². The Balaban J connectivity index is 1.12. The molecule has 13 nitrogen and oxygen atoms in total. The first-order valence-corrected chi connectivity index (χ1v) is 18.1. The number of benzene rings is 4. The van der Waals surface area contributed by atoms with Gasteiger partial charge in [0.15, 0.2) is 18.9 Å². The number of rotatable bonds is 15. The van der Waals surface area contributed by atoms with E-state index in [1.165, 1.54) is 0 Å². The third-order valence-electron chi connectivity index (χ3n) is 9.69. The van der Waals surface area contributed by atoms with Crippen LogP contribution in [0.2, 0.25) is 0 Å². The minimum absolute atomic E-state index is 0.101. The Labute approximate surface area is 314 Å². The Kier molecular flexibility index (Phi) is 13.3. The molecule has 4 aromatic rings. The number of azide groups is 1. The second kappa shape index (κ2) is 18.9. The lowest BCUT2D eigenvalue weighted by molar-refractivity contribution is -0.354. The third-order valence-corrected chi connectivity index (χ3v) is 9.69. The lowest BCUT2D eigenvalue weighted by Crippen LogP contribution is -2.63. The summed E-state index contributed by atoms with van der Waals surface area (Å²) in [5, 5.41) is 15.4. The Morgan fingerprint density at radius 3 is 1.76 bits per heavy atom. The molecule has 0 bridgehead atoms. The first-order chi connectivity index (χ1) is 26.6. The molecule has 0 unspecified atom stereocenters. The molecule has 0 radical (unpaired) electrons. The van der Waals surface area contributed by atoms with E-state index in [-0.39, 0.29) is 33.0 Å². The number of methoxy groups -OCH3 is 1.